The van der Waals surface area contributed by atoms with Crippen molar-refractivity contribution >= 4 is 13.3 Å². The van der Waals surface area contributed by atoms with E-state index in [0.29, 0.717) is 0 Å². The summed E-state index contributed by atoms with van der Waals surface area (Å²) in [7, 11) is -3.22. The van der Waals surface area contributed by atoms with Crippen LogP contribution in [-0.4, -0.2) is 34.8 Å². The molecule has 0 aliphatic heterocycles. The zero-order valence-electron chi connectivity index (χ0n) is 5.65. The van der Waals surface area contributed by atoms with Crippen molar-refractivity contribution in [2.75, 3.05) is 12.8 Å². The number of hydrogen-bond donors (Lipinski definition) is 3. The molecule has 6 heteroatoms. The van der Waals surface area contributed by atoms with Gasteiger partial charge in [0.1, 0.15) is 0 Å². The predicted molar refractivity (Wildman–Crippen MR) is 34.9 cm³/mol. The average Bonchev–Trinajstić information content (AvgIpc) is 1.60. The van der Waals surface area contributed by atoms with Gasteiger partial charge in [0.2, 0.25) is 7.37 Å². The molecular formula is C4H11NO4P+. The monoisotopic (exact) mass is 168 g/mol. The zero-order valence-corrected chi connectivity index (χ0v) is 6.54. The number of carboxylic acids is 1. The van der Waals surface area contributed by atoms with Crippen LogP contribution in [0.5, 0.6) is 0 Å². The summed E-state index contributed by atoms with van der Waals surface area (Å²) in [6, 6.07) is -0.985. The van der Waals surface area contributed by atoms with E-state index >= 15 is 0 Å². The van der Waals surface area contributed by atoms with Crippen molar-refractivity contribution in [3.05, 3.63) is 0 Å². The van der Waals surface area contributed by atoms with Crippen LogP contribution in [0.4, 0.5) is 0 Å². The summed E-state index contributed by atoms with van der Waals surface area (Å²) in [4.78, 5) is 18.8. The Kier molecular flexibility index (Phi) is 3.02. The van der Waals surface area contributed by atoms with Crippen LogP contribution in [0.3, 0.4) is 0 Å². The molecule has 0 aliphatic carbocycles. The number of carbonyl (C=O) groups is 1. The van der Waals surface area contributed by atoms with Crippen LogP contribution in [0.15, 0.2) is 0 Å². The fraction of sp³-hybridized carbons (Fsp3) is 0.750. The first kappa shape index (κ1) is 9.62. The molecule has 10 heavy (non-hydrogen) atoms. The van der Waals surface area contributed by atoms with Crippen molar-refractivity contribution in [2.45, 2.75) is 6.04 Å². The summed E-state index contributed by atoms with van der Waals surface area (Å²) in [5.74, 6) is -1.14. The van der Waals surface area contributed by atoms with E-state index in [2.05, 4.69) is 5.73 Å². The summed E-state index contributed by atoms with van der Waals surface area (Å²) < 4.78 is 10.6. The van der Waals surface area contributed by atoms with Gasteiger partial charge >= 0.3 is 5.97 Å². The Labute approximate surface area is 58.3 Å². The van der Waals surface area contributed by atoms with Crippen molar-refractivity contribution in [2.24, 2.45) is 0 Å². The van der Waals surface area contributed by atoms with Gasteiger partial charge in [0.15, 0.2) is 6.04 Å². The Hall–Kier alpha value is -0.380. The minimum Gasteiger partial charge on any atom is -0.477 e. The normalized spacial score (nSPS) is 19.5. The number of aliphatic carboxylic acids is 1. The van der Waals surface area contributed by atoms with E-state index in [1.165, 1.54) is 0 Å². The lowest BCUT2D eigenvalue weighted by Gasteiger charge is -2.05. The third kappa shape index (κ3) is 4.49. The maximum Gasteiger partial charge on any atom is 0.362 e. The number of hydrogen-bond acceptors (Lipinski definition) is 2. The van der Waals surface area contributed by atoms with Gasteiger partial charge < -0.3 is 15.7 Å². The second-order valence-corrected chi connectivity index (χ2v) is 4.74. The first-order valence-corrected chi connectivity index (χ1v) is 4.97. The largest absolute Gasteiger partial charge is 0.477 e. The van der Waals surface area contributed by atoms with Gasteiger partial charge in [-0.1, -0.05) is 0 Å². The molecule has 0 fully saturated rings. The van der Waals surface area contributed by atoms with Gasteiger partial charge in [-0.2, -0.15) is 0 Å². The minimum atomic E-state index is -3.22. The average molecular weight is 168 g/mol. The van der Waals surface area contributed by atoms with Crippen LogP contribution < -0.4 is 5.73 Å². The maximum atomic E-state index is 10.6. The van der Waals surface area contributed by atoms with Crippen LogP contribution in [-0.2, 0) is 9.36 Å². The van der Waals surface area contributed by atoms with Crippen molar-refractivity contribution < 1.29 is 25.1 Å². The molecule has 0 heterocycles. The number of quaternary nitrogens is 1. The van der Waals surface area contributed by atoms with Crippen LogP contribution >= 0.6 is 7.37 Å². The van der Waals surface area contributed by atoms with Crippen molar-refractivity contribution in [1.29, 1.82) is 0 Å². The lowest BCUT2D eigenvalue weighted by Crippen LogP contribution is -2.66. The molecule has 0 radical (unpaired) electrons. The molecule has 0 aromatic rings. The summed E-state index contributed by atoms with van der Waals surface area (Å²) in [5, 5.41) is 8.25. The molecule has 5 N–H and O–H groups in total. The highest BCUT2D eigenvalue weighted by Gasteiger charge is 2.24. The Morgan fingerprint density at radius 1 is 1.80 bits per heavy atom. The fourth-order valence-corrected chi connectivity index (χ4v) is 1.46. The smallest absolute Gasteiger partial charge is 0.362 e. The van der Waals surface area contributed by atoms with E-state index in [1.54, 1.807) is 0 Å². The van der Waals surface area contributed by atoms with E-state index < -0.39 is 19.4 Å². The Morgan fingerprint density at radius 2 is 2.20 bits per heavy atom. The topological polar surface area (TPSA) is 102 Å². The molecule has 0 amide bonds. The first-order chi connectivity index (χ1) is 4.33. The third-order valence-electron chi connectivity index (χ3n) is 0.908. The van der Waals surface area contributed by atoms with Crippen molar-refractivity contribution in [3.8, 4) is 0 Å². The van der Waals surface area contributed by atoms with Crippen LogP contribution in [0.25, 0.3) is 0 Å². The Balaban J connectivity index is 3.93. The molecule has 0 rings (SSSR count). The summed E-state index contributed by atoms with van der Waals surface area (Å²) in [5.41, 5.74) is 3.19. The molecule has 0 saturated carbocycles. The van der Waals surface area contributed by atoms with E-state index in [-0.39, 0.29) is 6.16 Å². The van der Waals surface area contributed by atoms with Gasteiger partial charge in [-0.3, -0.25) is 4.57 Å². The molecule has 0 spiro atoms. The molecule has 2 unspecified atom stereocenters. The highest BCUT2D eigenvalue weighted by atomic mass is 31.2. The highest BCUT2D eigenvalue weighted by Crippen LogP contribution is 2.34. The number of carboxylic acid groups (broad SMARTS) is 1. The van der Waals surface area contributed by atoms with Crippen LogP contribution in [0, 0.1) is 0 Å². The zero-order chi connectivity index (χ0) is 8.36. The molecule has 0 aromatic heterocycles. The van der Waals surface area contributed by atoms with Gasteiger partial charge in [0.25, 0.3) is 0 Å². The number of rotatable bonds is 3. The molecular weight excluding hydrogens is 157 g/mol. The summed E-state index contributed by atoms with van der Waals surface area (Å²) >= 11 is 0. The van der Waals surface area contributed by atoms with Crippen LogP contribution in [0.1, 0.15) is 0 Å². The lowest BCUT2D eigenvalue weighted by atomic mass is 10.4. The Bertz CT molecular complexity index is 174. The van der Waals surface area contributed by atoms with Gasteiger partial charge in [0, 0.05) is 6.66 Å². The fourth-order valence-electron chi connectivity index (χ4n) is 0.487. The predicted octanol–water partition coefficient (Wildman–Crippen LogP) is -1.42. The SMILES string of the molecule is CP(=O)(O)CC([NH3+])C(=O)O. The van der Waals surface area contributed by atoms with Crippen LogP contribution in [0.2, 0.25) is 0 Å². The standard InChI is InChI=1S/C4H10NO4P/c1-10(8,9)2-3(5)4(6)7/h3H,2,5H2,1H3,(H,6,7)(H,8,9)/p+1. The van der Waals surface area contributed by atoms with E-state index in [0.717, 1.165) is 6.66 Å². The van der Waals surface area contributed by atoms with E-state index in [1.807, 2.05) is 0 Å². The van der Waals surface area contributed by atoms with E-state index in [9.17, 15) is 9.36 Å². The van der Waals surface area contributed by atoms with Gasteiger partial charge in [0.05, 0.1) is 6.16 Å². The minimum absolute atomic E-state index is 0.262. The first-order valence-electron chi connectivity index (χ1n) is 2.68. The highest BCUT2D eigenvalue weighted by molar-refractivity contribution is 7.57. The molecule has 60 valence electrons. The molecule has 0 bridgehead atoms. The molecule has 0 aliphatic rings. The van der Waals surface area contributed by atoms with Gasteiger partial charge in [-0.05, 0) is 0 Å². The maximum absolute atomic E-state index is 10.6. The lowest BCUT2D eigenvalue weighted by molar-refractivity contribution is -0.400. The summed E-state index contributed by atoms with van der Waals surface area (Å²) in [6.07, 6.45) is -0.262. The van der Waals surface area contributed by atoms with Gasteiger partial charge in [-0.15, -0.1) is 0 Å². The van der Waals surface area contributed by atoms with Crippen molar-refractivity contribution in [1.82, 2.24) is 0 Å². The molecule has 5 nitrogen and oxygen atoms in total. The van der Waals surface area contributed by atoms with Gasteiger partial charge in [-0.25, -0.2) is 4.79 Å². The third-order valence-corrected chi connectivity index (χ3v) is 2.03. The second kappa shape index (κ2) is 3.14. The van der Waals surface area contributed by atoms with E-state index in [4.69, 9.17) is 10.00 Å². The second-order valence-electron chi connectivity index (χ2n) is 2.27. The quantitative estimate of drug-likeness (QED) is 0.450. The van der Waals surface area contributed by atoms with Crippen molar-refractivity contribution in [3.63, 3.8) is 0 Å². The Morgan fingerprint density at radius 3 is 2.30 bits per heavy atom. The summed E-state index contributed by atoms with van der Waals surface area (Å²) in [6.45, 7) is 1.12. The molecule has 2 atom stereocenters. The molecule has 0 saturated heterocycles. The molecule has 0 aromatic carbocycles.